The maximum atomic E-state index is 9.27. The molecular weight excluding hydrogens is 300 g/mol. The molecule has 0 radical (unpaired) electrons. The van der Waals surface area contributed by atoms with E-state index in [1.807, 2.05) is 19.1 Å². The summed E-state index contributed by atoms with van der Waals surface area (Å²) >= 11 is 1.72. The van der Waals surface area contributed by atoms with E-state index in [0.29, 0.717) is 19.0 Å². The Kier molecular flexibility index (Phi) is 4.72. The summed E-state index contributed by atoms with van der Waals surface area (Å²) in [4.78, 5) is 7.99. The van der Waals surface area contributed by atoms with Crippen molar-refractivity contribution in [2.24, 2.45) is 0 Å². The molecule has 1 N–H and O–H groups in total. The van der Waals surface area contributed by atoms with Gasteiger partial charge in [-0.3, -0.25) is 4.90 Å². The van der Waals surface area contributed by atoms with Crippen molar-refractivity contribution in [1.82, 2.24) is 9.88 Å². The second-order valence-electron chi connectivity index (χ2n) is 5.05. The molecule has 3 aromatic rings. The Morgan fingerprint density at radius 3 is 2.91 bits per heavy atom. The molecule has 0 aromatic carbocycles. The lowest BCUT2D eigenvalue weighted by Gasteiger charge is -2.19. The number of aliphatic hydroxyl groups excluding tert-OH is 1. The van der Waals surface area contributed by atoms with Gasteiger partial charge in [0.1, 0.15) is 12.0 Å². The zero-order valence-corrected chi connectivity index (χ0v) is 13.2. The maximum absolute atomic E-state index is 9.27. The van der Waals surface area contributed by atoms with Crippen LogP contribution in [0.2, 0.25) is 0 Å². The van der Waals surface area contributed by atoms with Crippen LogP contribution in [0.1, 0.15) is 16.3 Å². The van der Waals surface area contributed by atoms with Crippen molar-refractivity contribution >= 4 is 11.3 Å². The fourth-order valence-corrected chi connectivity index (χ4v) is 3.02. The predicted octanol–water partition coefficient (Wildman–Crippen LogP) is 3.30. The highest BCUT2D eigenvalue weighted by Crippen LogP contribution is 2.23. The third-order valence-corrected chi connectivity index (χ3v) is 4.27. The molecule has 6 heteroatoms. The van der Waals surface area contributed by atoms with Gasteiger partial charge in [-0.25, -0.2) is 4.98 Å². The lowest BCUT2D eigenvalue weighted by atomic mass is 10.3. The molecule has 0 atom stereocenters. The van der Waals surface area contributed by atoms with Crippen LogP contribution in [-0.2, 0) is 13.1 Å². The monoisotopic (exact) mass is 318 g/mol. The molecule has 0 aliphatic carbocycles. The molecule has 3 heterocycles. The van der Waals surface area contributed by atoms with Crippen molar-refractivity contribution in [1.29, 1.82) is 0 Å². The van der Waals surface area contributed by atoms with E-state index < -0.39 is 0 Å². The molecule has 0 saturated heterocycles. The number of furan rings is 1. The highest BCUT2D eigenvalue weighted by molar-refractivity contribution is 7.09. The summed E-state index contributed by atoms with van der Waals surface area (Å²) in [5, 5.41) is 11.3. The summed E-state index contributed by atoms with van der Waals surface area (Å²) in [6.07, 6.45) is 3.22. The van der Waals surface area contributed by atoms with Gasteiger partial charge in [0.15, 0.2) is 0 Å². The van der Waals surface area contributed by atoms with Gasteiger partial charge in [0.2, 0.25) is 5.89 Å². The molecular formula is C16H18N2O3S. The van der Waals surface area contributed by atoms with Gasteiger partial charge < -0.3 is 13.9 Å². The van der Waals surface area contributed by atoms with Crippen LogP contribution >= 0.6 is 11.3 Å². The van der Waals surface area contributed by atoms with Crippen LogP contribution in [0.25, 0.3) is 11.5 Å². The van der Waals surface area contributed by atoms with E-state index in [0.717, 1.165) is 23.6 Å². The average molecular weight is 318 g/mol. The first kappa shape index (κ1) is 15.0. The second kappa shape index (κ2) is 6.91. The second-order valence-corrected chi connectivity index (χ2v) is 6.08. The van der Waals surface area contributed by atoms with E-state index in [2.05, 4.69) is 21.3 Å². The van der Waals surface area contributed by atoms with Crippen LogP contribution in [0.4, 0.5) is 0 Å². The number of oxazole rings is 1. The molecule has 0 aliphatic heterocycles. The first-order valence-electron chi connectivity index (χ1n) is 7.10. The predicted molar refractivity (Wildman–Crippen MR) is 84.5 cm³/mol. The Bertz CT molecular complexity index is 689. The number of hydrogen-bond donors (Lipinski definition) is 1. The minimum atomic E-state index is 0.122. The third-order valence-electron chi connectivity index (χ3n) is 3.41. The largest absolute Gasteiger partial charge is 0.472 e. The zero-order valence-electron chi connectivity index (χ0n) is 12.4. The van der Waals surface area contributed by atoms with Gasteiger partial charge in [0, 0.05) is 24.5 Å². The van der Waals surface area contributed by atoms with E-state index in [1.54, 1.807) is 23.9 Å². The van der Waals surface area contributed by atoms with Gasteiger partial charge in [0.25, 0.3) is 0 Å². The number of thiophene rings is 1. The summed E-state index contributed by atoms with van der Waals surface area (Å²) in [5.74, 6) is 1.37. The summed E-state index contributed by atoms with van der Waals surface area (Å²) < 4.78 is 10.8. The van der Waals surface area contributed by atoms with Gasteiger partial charge in [-0.05, 0) is 24.4 Å². The summed E-state index contributed by atoms with van der Waals surface area (Å²) in [6.45, 7) is 4.08. The molecule has 0 amide bonds. The third kappa shape index (κ3) is 3.47. The molecule has 5 nitrogen and oxygen atoms in total. The Morgan fingerprint density at radius 2 is 2.23 bits per heavy atom. The first-order valence-corrected chi connectivity index (χ1v) is 7.98. The molecule has 22 heavy (non-hydrogen) atoms. The van der Waals surface area contributed by atoms with Crippen LogP contribution in [0, 0.1) is 6.92 Å². The van der Waals surface area contributed by atoms with Crippen molar-refractivity contribution < 1.29 is 13.9 Å². The molecule has 3 rings (SSSR count). The highest BCUT2D eigenvalue weighted by Gasteiger charge is 2.16. The van der Waals surface area contributed by atoms with Crippen LogP contribution in [-0.4, -0.2) is 28.1 Å². The van der Waals surface area contributed by atoms with Gasteiger partial charge >= 0.3 is 0 Å². The number of aryl methyl sites for hydroxylation is 1. The first-order chi connectivity index (χ1) is 10.8. The minimum Gasteiger partial charge on any atom is -0.472 e. The van der Waals surface area contributed by atoms with Gasteiger partial charge in [0.05, 0.1) is 24.1 Å². The SMILES string of the molecule is Cc1oc(-c2ccoc2)nc1CN(CCO)Cc1cccs1. The van der Waals surface area contributed by atoms with Crippen molar-refractivity contribution in [3.8, 4) is 11.5 Å². The van der Waals surface area contributed by atoms with Gasteiger partial charge in [-0.1, -0.05) is 6.07 Å². The number of rotatable bonds is 7. The standard InChI is InChI=1S/C16H18N2O3S/c1-12-15(17-16(21-12)13-4-7-20-11-13)10-18(5-6-19)9-14-3-2-8-22-14/h2-4,7-8,11,19H,5-6,9-10H2,1H3. The number of hydrogen-bond acceptors (Lipinski definition) is 6. The minimum absolute atomic E-state index is 0.122. The van der Waals surface area contributed by atoms with Crippen LogP contribution < -0.4 is 0 Å². The molecule has 0 spiro atoms. The van der Waals surface area contributed by atoms with E-state index in [-0.39, 0.29) is 6.61 Å². The fraction of sp³-hybridized carbons (Fsp3) is 0.312. The van der Waals surface area contributed by atoms with Gasteiger partial charge in [-0.2, -0.15) is 0 Å². The lowest BCUT2D eigenvalue weighted by Crippen LogP contribution is -2.26. The van der Waals surface area contributed by atoms with Crippen molar-refractivity contribution in [2.45, 2.75) is 20.0 Å². The average Bonchev–Trinajstić information content (AvgIpc) is 3.22. The molecule has 0 aliphatic rings. The number of aliphatic hydroxyl groups is 1. The molecule has 3 aromatic heterocycles. The van der Waals surface area contributed by atoms with E-state index in [4.69, 9.17) is 8.83 Å². The summed E-state index contributed by atoms with van der Waals surface area (Å²) in [5.41, 5.74) is 1.72. The lowest BCUT2D eigenvalue weighted by molar-refractivity contribution is 0.183. The van der Waals surface area contributed by atoms with Crippen LogP contribution in [0.5, 0.6) is 0 Å². The summed E-state index contributed by atoms with van der Waals surface area (Å²) in [6, 6.07) is 5.96. The smallest absolute Gasteiger partial charge is 0.229 e. The molecule has 116 valence electrons. The molecule has 0 bridgehead atoms. The number of aromatic nitrogens is 1. The molecule has 0 saturated carbocycles. The fourth-order valence-electron chi connectivity index (χ4n) is 2.27. The Balaban J connectivity index is 1.74. The maximum Gasteiger partial charge on any atom is 0.229 e. The topological polar surface area (TPSA) is 62.6 Å². The summed E-state index contributed by atoms with van der Waals surface area (Å²) in [7, 11) is 0. The quantitative estimate of drug-likeness (QED) is 0.724. The van der Waals surface area contributed by atoms with Crippen molar-refractivity contribution in [3.05, 3.63) is 52.4 Å². The normalized spacial score (nSPS) is 11.4. The van der Waals surface area contributed by atoms with Crippen LogP contribution in [0.15, 0.2) is 44.9 Å². The van der Waals surface area contributed by atoms with E-state index >= 15 is 0 Å². The molecule has 0 unspecified atom stereocenters. The number of nitrogens with zero attached hydrogens (tertiary/aromatic N) is 2. The Hall–Kier alpha value is -1.89. The Morgan fingerprint density at radius 1 is 1.32 bits per heavy atom. The highest BCUT2D eigenvalue weighted by atomic mass is 32.1. The van der Waals surface area contributed by atoms with E-state index in [9.17, 15) is 5.11 Å². The van der Waals surface area contributed by atoms with Crippen LogP contribution in [0.3, 0.4) is 0 Å². The van der Waals surface area contributed by atoms with Crippen molar-refractivity contribution in [2.75, 3.05) is 13.2 Å². The van der Waals surface area contributed by atoms with Crippen molar-refractivity contribution in [3.63, 3.8) is 0 Å². The van der Waals surface area contributed by atoms with Gasteiger partial charge in [-0.15, -0.1) is 11.3 Å². The Labute approximate surface area is 132 Å². The zero-order chi connectivity index (χ0) is 15.4. The van der Waals surface area contributed by atoms with E-state index in [1.165, 1.54) is 4.88 Å². The molecule has 0 fully saturated rings.